The van der Waals surface area contributed by atoms with Gasteiger partial charge < -0.3 is 15.2 Å². The number of sulfonamides is 1. The molecule has 0 saturated heterocycles. The lowest BCUT2D eigenvalue weighted by molar-refractivity contribution is -0.137. The van der Waals surface area contributed by atoms with Gasteiger partial charge in [-0.2, -0.15) is 18.3 Å². The van der Waals surface area contributed by atoms with Gasteiger partial charge in [0, 0.05) is 19.5 Å². The quantitative estimate of drug-likeness (QED) is 0.122. The first-order valence-electron chi connectivity index (χ1n) is 15.8. The second kappa shape index (κ2) is 14.6. The van der Waals surface area contributed by atoms with Crippen LogP contribution in [0.25, 0.3) is 27.5 Å². The number of nitrogens with zero attached hydrogens (tertiary/aromatic N) is 4. The summed E-state index contributed by atoms with van der Waals surface area (Å²) >= 11 is 6.60. The molecule has 0 radical (unpaired) electrons. The molecule has 4 aromatic carbocycles. The zero-order chi connectivity index (χ0) is 39.1. The number of nitrogens with one attached hydrogen (secondary N) is 2. The van der Waals surface area contributed by atoms with Crippen LogP contribution < -0.4 is 20.3 Å². The third-order valence-electron chi connectivity index (χ3n) is 8.42. The van der Waals surface area contributed by atoms with E-state index < -0.39 is 68.9 Å². The molecule has 0 saturated carbocycles. The summed E-state index contributed by atoms with van der Waals surface area (Å²) in [7, 11) is -1.17. The van der Waals surface area contributed by atoms with E-state index in [1.165, 1.54) is 31.0 Å². The molecule has 0 aliphatic heterocycles. The van der Waals surface area contributed by atoms with Crippen molar-refractivity contribution >= 4 is 55.3 Å². The average molecular weight is 791 g/mol. The average Bonchev–Trinajstić information content (AvgIpc) is 3.41. The zero-order valence-corrected chi connectivity index (χ0v) is 29.7. The van der Waals surface area contributed by atoms with E-state index >= 15 is 0 Å². The molecular formula is C35H28ClF5N6O6S. The molecule has 1 amide bonds. The van der Waals surface area contributed by atoms with Gasteiger partial charge in [0.15, 0.2) is 5.82 Å². The molecule has 0 aliphatic carbocycles. The Hall–Kier alpha value is -5.75. The number of amides is 1. The molecular weight excluding hydrogens is 763 g/mol. The van der Waals surface area contributed by atoms with Crippen molar-refractivity contribution in [3.05, 3.63) is 122 Å². The number of carboxylic acid groups (broad SMARTS) is 1. The summed E-state index contributed by atoms with van der Waals surface area (Å²) in [6.07, 6.45) is -6.89. The second-order valence-corrected chi connectivity index (χ2v) is 14.4. The molecule has 2 aromatic heterocycles. The largest absolute Gasteiger partial charge is 0.497 e. The minimum absolute atomic E-state index is 0.0108. The number of benzene rings is 4. The molecule has 2 heterocycles. The Balaban J connectivity index is 1.53. The van der Waals surface area contributed by atoms with Crippen LogP contribution in [0.2, 0.25) is 5.02 Å². The van der Waals surface area contributed by atoms with Crippen molar-refractivity contribution in [3.8, 4) is 11.4 Å². The lowest BCUT2D eigenvalue weighted by Gasteiger charge is -2.23. The third-order valence-corrected chi connectivity index (χ3v) is 9.98. The standard InChI is InChI=1S/C35H28ClF5N6O6S/c1-46-30-28(10-9-25(36)29(30)31(44-46)45-54(51,52)12-11-18-3-6-23(53-2)7-4-18)47-32(27(43-34(49)50)15-19-13-21(37)17-22(38)14-19)42-26-16-20(35(39,40)41)5-8-24(26)33(47)48/h3-10,13-14,16-17,27,43H,11-12,15H2,1-2H3,(H,44,45)(H,49,50)/t27-/m0/s1. The maximum Gasteiger partial charge on any atom is 0.416 e. The molecule has 3 N–H and O–H groups in total. The van der Waals surface area contributed by atoms with Gasteiger partial charge in [-0.1, -0.05) is 23.7 Å². The van der Waals surface area contributed by atoms with E-state index in [2.05, 4.69) is 20.1 Å². The van der Waals surface area contributed by atoms with Crippen LogP contribution in [0.5, 0.6) is 5.75 Å². The Morgan fingerprint density at radius 2 is 1.69 bits per heavy atom. The fraction of sp³-hybridized carbons (Fsp3) is 0.200. The van der Waals surface area contributed by atoms with Crippen LogP contribution in [0.15, 0.2) is 77.6 Å². The highest BCUT2D eigenvalue weighted by atomic mass is 35.5. The Bertz CT molecular complexity index is 2580. The number of ether oxygens (including phenoxy) is 1. The van der Waals surface area contributed by atoms with Crippen LogP contribution in [-0.4, -0.2) is 51.8 Å². The van der Waals surface area contributed by atoms with Gasteiger partial charge in [0.05, 0.1) is 57.0 Å². The van der Waals surface area contributed by atoms with Crippen molar-refractivity contribution in [1.82, 2.24) is 24.6 Å². The number of alkyl halides is 3. The molecule has 1 atom stereocenters. The Labute approximate surface area is 307 Å². The van der Waals surface area contributed by atoms with Crippen molar-refractivity contribution < 1.29 is 45.0 Å². The van der Waals surface area contributed by atoms with Crippen LogP contribution in [0.1, 0.15) is 28.6 Å². The molecule has 0 bridgehead atoms. The molecule has 54 heavy (non-hydrogen) atoms. The van der Waals surface area contributed by atoms with Gasteiger partial charge in [-0.15, -0.1) is 0 Å². The predicted octanol–water partition coefficient (Wildman–Crippen LogP) is 6.77. The van der Waals surface area contributed by atoms with E-state index in [4.69, 9.17) is 16.3 Å². The van der Waals surface area contributed by atoms with Crippen LogP contribution in [-0.2, 0) is 36.1 Å². The van der Waals surface area contributed by atoms with Gasteiger partial charge >= 0.3 is 12.3 Å². The summed E-state index contributed by atoms with van der Waals surface area (Å²) in [5, 5.41) is 16.0. The lowest BCUT2D eigenvalue weighted by atomic mass is 10.0. The fourth-order valence-electron chi connectivity index (χ4n) is 6.02. The van der Waals surface area contributed by atoms with Gasteiger partial charge in [-0.3, -0.25) is 18.8 Å². The molecule has 19 heteroatoms. The smallest absolute Gasteiger partial charge is 0.416 e. The number of methoxy groups -OCH3 is 1. The van der Waals surface area contributed by atoms with Crippen LogP contribution >= 0.6 is 11.6 Å². The molecule has 0 aliphatic rings. The highest BCUT2D eigenvalue weighted by molar-refractivity contribution is 7.92. The summed E-state index contributed by atoms with van der Waals surface area (Å²) in [5.74, 6) is -2.45. The van der Waals surface area contributed by atoms with Crippen LogP contribution in [0, 0.1) is 11.6 Å². The summed E-state index contributed by atoms with van der Waals surface area (Å²) < 4.78 is 106. The summed E-state index contributed by atoms with van der Waals surface area (Å²) in [6, 6.07) is 12.5. The second-order valence-electron chi connectivity index (χ2n) is 12.1. The summed E-state index contributed by atoms with van der Waals surface area (Å²) in [6.45, 7) is 0. The van der Waals surface area contributed by atoms with Crippen molar-refractivity contribution in [1.29, 1.82) is 0 Å². The molecule has 0 unspecified atom stereocenters. The topological polar surface area (TPSA) is 157 Å². The van der Waals surface area contributed by atoms with Crippen LogP contribution in [0.3, 0.4) is 0 Å². The van der Waals surface area contributed by atoms with Crippen molar-refractivity contribution in [3.63, 3.8) is 0 Å². The number of carbonyl (C=O) groups is 1. The number of halogens is 6. The fourth-order valence-corrected chi connectivity index (χ4v) is 7.31. The first kappa shape index (κ1) is 38.0. The molecule has 282 valence electrons. The highest BCUT2D eigenvalue weighted by Gasteiger charge is 2.32. The molecule has 6 rings (SSSR count). The maximum absolute atomic E-state index is 14.4. The summed E-state index contributed by atoms with van der Waals surface area (Å²) in [5.41, 5.74) is -1.98. The van der Waals surface area contributed by atoms with Gasteiger partial charge in [0.2, 0.25) is 10.0 Å². The molecule has 6 aromatic rings. The van der Waals surface area contributed by atoms with E-state index in [-0.39, 0.29) is 50.6 Å². The van der Waals surface area contributed by atoms with Crippen molar-refractivity contribution in [2.24, 2.45) is 7.05 Å². The SMILES string of the molecule is COc1ccc(CCS(=O)(=O)Nc2nn(C)c3c(-n4c([C@H](Cc5cc(F)cc(F)c5)NC(=O)O)nc5cc(C(F)(F)F)ccc5c4=O)ccc(Cl)c23)cc1. The third kappa shape index (κ3) is 7.93. The predicted molar refractivity (Wildman–Crippen MR) is 190 cm³/mol. The molecule has 0 spiro atoms. The number of hydrogen-bond donors (Lipinski definition) is 3. The Morgan fingerprint density at radius 3 is 2.31 bits per heavy atom. The zero-order valence-electron chi connectivity index (χ0n) is 28.1. The first-order chi connectivity index (χ1) is 25.4. The van der Waals surface area contributed by atoms with Gasteiger partial charge in [0.1, 0.15) is 23.2 Å². The first-order valence-corrected chi connectivity index (χ1v) is 17.8. The number of hydrogen-bond acceptors (Lipinski definition) is 7. The highest BCUT2D eigenvalue weighted by Crippen LogP contribution is 2.36. The number of aryl methyl sites for hydroxylation is 2. The van der Waals surface area contributed by atoms with E-state index in [0.717, 1.165) is 22.8 Å². The van der Waals surface area contributed by atoms with E-state index in [0.29, 0.717) is 29.5 Å². The molecule has 0 fully saturated rings. The maximum atomic E-state index is 14.4. The number of anilines is 1. The number of aromatic nitrogens is 4. The minimum atomic E-state index is -4.84. The summed E-state index contributed by atoms with van der Waals surface area (Å²) in [4.78, 5) is 30.8. The van der Waals surface area contributed by atoms with Crippen LogP contribution in [0.4, 0.5) is 32.6 Å². The minimum Gasteiger partial charge on any atom is -0.497 e. The number of fused-ring (bicyclic) bond motifs is 2. The monoisotopic (exact) mass is 790 g/mol. The van der Waals surface area contributed by atoms with Gasteiger partial charge in [-0.05, 0) is 72.1 Å². The van der Waals surface area contributed by atoms with Gasteiger partial charge in [0.25, 0.3) is 5.56 Å². The number of rotatable bonds is 11. The Kier molecular flexibility index (Phi) is 10.3. The van der Waals surface area contributed by atoms with Crippen molar-refractivity contribution in [2.45, 2.75) is 25.1 Å². The van der Waals surface area contributed by atoms with E-state index in [9.17, 15) is 45.1 Å². The van der Waals surface area contributed by atoms with E-state index in [1.807, 2.05) is 0 Å². The molecule has 12 nitrogen and oxygen atoms in total. The van der Waals surface area contributed by atoms with Gasteiger partial charge in [-0.25, -0.2) is 27.0 Å². The normalized spacial score (nSPS) is 12.6. The van der Waals surface area contributed by atoms with E-state index in [1.54, 1.807) is 24.3 Å². The van der Waals surface area contributed by atoms with Crippen molar-refractivity contribution in [2.75, 3.05) is 17.6 Å². The lowest BCUT2D eigenvalue weighted by Crippen LogP contribution is -2.35. The Morgan fingerprint density at radius 1 is 1.00 bits per heavy atom.